The number of nitrogens with two attached hydrogens (primary N) is 1. The fraction of sp³-hybridized carbons (Fsp3) is 0.417. The Labute approximate surface area is 100.0 Å². The normalized spacial score (nSPS) is 12.2. The van der Waals surface area contributed by atoms with Crippen molar-refractivity contribution in [2.24, 2.45) is 0 Å². The fourth-order valence-electron chi connectivity index (χ4n) is 1.30. The highest BCUT2D eigenvalue weighted by Gasteiger charge is 2.08. The van der Waals surface area contributed by atoms with E-state index in [9.17, 15) is 9.18 Å². The third-order valence-corrected chi connectivity index (χ3v) is 2.47. The van der Waals surface area contributed by atoms with Gasteiger partial charge in [0, 0.05) is 13.5 Å². The van der Waals surface area contributed by atoms with Crippen LogP contribution in [0.2, 0.25) is 0 Å². The summed E-state index contributed by atoms with van der Waals surface area (Å²) in [5.74, 6) is -0.633. The molecule has 1 amide bonds. The molecule has 1 atom stereocenters. The Morgan fingerprint density at radius 2 is 2.29 bits per heavy atom. The topological polar surface area (TPSA) is 64.3 Å². The molecule has 0 saturated heterocycles. The molecule has 5 heteroatoms. The fourth-order valence-corrected chi connectivity index (χ4v) is 1.30. The maximum atomic E-state index is 12.9. The van der Waals surface area contributed by atoms with Crippen molar-refractivity contribution in [3.05, 3.63) is 24.0 Å². The molecule has 0 bridgehead atoms. The molecule has 0 aliphatic rings. The molecule has 0 heterocycles. The summed E-state index contributed by atoms with van der Waals surface area (Å²) >= 11 is 0. The second kappa shape index (κ2) is 6.20. The van der Waals surface area contributed by atoms with E-state index in [1.54, 1.807) is 7.11 Å². The lowest BCUT2D eigenvalue weighted by Gasteiger charge is -2.10. The number of anilines is 2. The molecule has 1 unspecified atom stereocenters. The Morgan fingerprint density at radius 1 is 1.59 bits per heavy atom. The zero-order valence-corrected chi connectivity index (χ0v) is 10.00. The number of halogens is 1. The number of rotatable bonds is 5. The standard InChI is InChI=1S/C12H17FN2O2/c1-8(17-2)3-6-12(16)15-11-7-9(13)4-5-10(11)14/h4-5,7-8H,3,6,14H2,1-2H3,(H,15,16). The number of carbonyl (C=O) groups is 1. The molecule has 0 saturated carbocycles. The zero-order chi connectivity index (χ0) is 12.8. The summed E-state index contributed by atoms with van der Waals surface area (Å²) < 4.78 is 18.0. The van der Waals surface area contributed by atoms with Crippen molar-refractivity contribution in [2.45, 2.75) is 25.9 Å². The molecule has 94 valence electrons. The number of methoxy groups -OCH3 is 1. The first kappa shape index (κ1) is 13.4. The van der Waals surface area contributed by atoms with E-state index in [0.717, 1.165) is 0 Å². The van der Waals surface area contributed by atoms with Gasteiger partial charge >= 0.3 is 0 Å². The van der Waals surface area contributed by atoms with Crippen LogP contribution in [0.15, 0.2) is 18.2 Å². The van der Waals surface area contributed by atoms with Crippen LogP contribution < -0.4 is 11.1 Å². The van der Waals surface area contributed by atoms with Gasteiger partial charge in [0.1, 0.15) is 5.82 Å². The van der Waals surface area contributed by atoms with E-state index in [-0.39, 0.29) is 12.0 Å². The van der Waals surface area contributed by atoms with Crippen LogP contribution in [-0.2, 0) is 9.53 Å². The maximum absolute atomic E-state index is 12.9. The van der Waals surface area contributed by atoms with Gasteiger partial charge in [-0.2, -0.15) is 0 Å². The second-order valence-corrected chi connectivity index (χ2v) is 3.86. The van der Waals surface area contributed by atoms with Gasteiger partial charge in [-0.25, -0.2) is 4.39 Å². The molecular formula is C12H17FN2O2. The predicted octanol–water partition coefficient (Wildman–Crippen LogP) is 2.16. The highest BCUT2D eigenvalue weighted by atomic mass is 19.1. The number of nitrogens with one attached hydrogen (secondary N) is 1. The monoisotopic (exact) mass is 240 g/mol. The highest BCUT2D eigenvalue weighted by Crippen LogP contribution is 2.19. The first-order chi connectivity index (χ1) is 8.02. The third kappa shape index (κ3) is 4.40. The Balaban J connectivity index is 2.53. The second-order valence-electron chi connectivity index (χ2n) is 3.86. The third-order valence-electron chi connectivity index (χ3n) is 2.47. The van der Waals surface area contributed by atoms with Gasteiger partial charge in [0.2, 0.25) is 5.91 Å². The van der Waals surface area contributed by atoms with Gasteiger partial charge in [-0.3, -0.25) is 4.79 Å². The smallest absolute Gasteiger partial charge is 0.224 e. The maximum Gasteiger partial charge on any atom is 0.224 e. The summed E-state index contributed by atoms with van der Waals surface area (Å²) in [7, 11) is 1.59. The van der Waals surface area contributed by atoms with Crippen molar-refractivity contribution in [1.29, 1.82) is 0 Å². The molecule has 3 N–H and O–H groups in total. The van der Waals surface area contributed by atoms with Gasteiger partial charge in [-0.05, 0) is 31.5 Å². The summed E-state index contributed by atoms with van der Waals surface area (Å²) in [6.45, 7) is 1.88. The molecule has 0 aliphatic heterocycles. The number of ether oxygens (including phenoxy) is 1. The van der Waals surface area contributed by atoms with Crippen LogP contribution in [0.25, 0.3) is 0 Å². The molecule has 1 rings (SSSR count). The number of carbonyl (C=O) groups excluding carboxylic acids is 1. The van der Waals surface area contributed by atoms with Crippen molar-refractivity contribution >= 4 is 17.3 Å². The lowest BCUT2D eigenvalue weighted by Crippen LogP contribution is -2.16. The van der Waals surface area contributed by atoms with Crippen molar-refractivity contribution in [2.75, 3.05) is 18.2 Å². The van der Waals surface area contributed by atoms with E-state index in [0.29, 0.717) is 24.2 Å². The SMILES string of the molecule is COC(C)CCC(=O)Nc1cc(F)ccc1N. The van der Waals surface area contributed by atoms with Gasteiger partial charge in [0.05, 0.1) is 17.5 Å². The number of nitrogen functional groups attached to an aromatic ring is 1. The molecule has 0 spiro atoms. The minimum Gasteiger partial charge on any atom is -0.397 e. The summed E-state index contributed by atoms with van der Waals surface area (Å²) in [4.78, 5) is 11.6. The Hall–Kier alpha value is -1.62. The van der Waals surface area contributed by atoms with Gasteiger partial charge < -0.3 is 15.8 Å². The average molecular weight is 240 g/mol. The molecule has 17 heavy (non-hydrogen) atoms. The average Bonchev–Trinajstić information content (AvgIpc) is 2.30. The van der Waals surface area contributed by atoms with Gasteiger partial charge in [0.25, 0.3) is 0 Å². The van der Waals surface area contributed by atoms with Crippen LogP contribution in [0.3, 0.4) is 0 Å². The van der Waals surface area contributed by atoms with Crippen molar-refractivity contribution in [1.82, 2.24) is 0 Å². The number of amides is 1. The summed E-state index contributed by atoms with van der Waals surface area (Å²) in [6, 6.07) is 3.87. The molecule has 0 aromatic heterocycles. The minimum absolute atomic E-state index is 0.0191. The van der Waals surface area contributed by atoms with Crippen molar-refractivity contribution < 1.29 is 13.9 Å². The Kier molecular flexibility index (Phi) is 4.90. The zero-order valence-electron chi connectivity index (χ0n) is 10.00. The lowest BCUT2D eigenvalue weighted by atomic mass is 10.2. The molecule has 0 fully saturated rings. The summed E-state index contributed by atoms with van der Waals surface area (Å²) in [5, 5.41) is 2.57. The Bertz CT molecular complexity index is 396. The molecule has 0 aliphatic carbocycles. The van der Waals surface area contributed by atoms with E-state index < -0.39 is 5.82 Å². The van der Waals surface area contributed by atoms with E-state index in [4.69, 9.17) is 10.5 Å². The Morgan fingerprint density at radius 3 is 2.94 bits per heavy atom. The van der Waals surface area contributed by atoms with Crippen molar-refractivity contribution in [3.8, 4) is 0 Å². The highest BCUT2D eigenvalue weighted by molar-refractivity contribution is 5.93. The molecular weight excluding hydrogens is 223 g/mol. The largest absolute Gasteiger partial charge is 0.397 e. The summed E-state index contributed by atoms with van der Waals surface area (Å²) in [6.07, 6.45) is 0.938. The lowest BCUT2D eigenvalue weighted by molar-refractivity contribution is -0.116. The van der Waals surface area contributed by atoms with Crippen LogP contribution in [-0.4, -0.2) is 19.1 Å². The van der Waals surface area contributed by atoms with Gasteiger partial charge in [0.15, 0.2) is 0 Å². The van der Waals surface area contributed by atoms with Crippen LogP contribution in [0.5, 0.6) is 0 Å². The van der Waals surface area contributed by atoms with E-state index in [1.807, 2.05) is 6.92 Å². The van der Waals surface area contributed by atoms with Crippen LogP contribution in [0, 0.1) is 5.82 Å². The molecule has 1 aromatic rings. The number of hydrogen-bond donors (Lipinski definition) is 2. The number of benzene rings is 1. The van der Waals surface area contributed by atoms with Crippen LogP contribution in [0.1, 0.15) is 19.8 Å². The summed E-state index contributed by atoms with van der Waals surface area (Å²) in [5.41, 5.74) is 6.27. The van der Waals surface area contributed by atoms with Crippen molar-refractivity contribution in [3.63, 3.8) is 0 Å². The van der Waals surface area contributed by atoms with Gasteiger partial charge in [-0.1, -0.05) is 0 Å². The van der Waals surface area contributed by atoms with Gasteiger partial charge in [-0.15, -0.1) is 0 Å². The first-order valence-corrected chi connectivity index (χ1v) is 5.40. The van der Waals surface area contributed by atoms with E-state index >= 15 is 0 Å². The van der Waals surface area contributed by atoms with E-state index in [2.05, 4.69) is 5.32 Å². The minimum atomic E-state index is -0.431. The molecule has 4 nitrogen and oxygen atoms in total. The quantitative estimate of drug-likeness (QED) is 0.775. The van der Waals surface area contributed by atoms with Crippen LogP contribution in [0.4, 0.5) is 15.8 Å². The van der Waals surface area contributed by atoms with E-state index in [1.165, 1.54) is 18.2 Å². The van der Waals surface area contributed by atoms with Crippen LogP contribution >= 0.6 is 0 Å². The number of hydrogen-bond acceptors (Lipinski definition) is 3. The predicted molar refractivity (Wildman–Crippen MR) is 65.1 cm³/mol. The molecule has 0 radical (unpaired) electrons. The molecule has 1 aromatic carbocycles. The first-order valence-electron chi connectivity index (χ1n) is 5.40.